The summed E-state index contributed by atoms with van der Waals surface area (Å²) in [4.78, 5) is 0. The highest BCUT2D eigenvalue weighted by Gasteiger charge is 2.21. The normalized spacial score (nSPS) is 11.7. The lowest BCUT2D eigenvalue weighted by Gasteiger charge is -2.11. The zero-order valence-electron chi connectivity index (χ0n) is 14.7. The zero-order chi connectivity index (χ0) is 17.8. The van der Waals surface area contributed by atoms with Gasteiger partial charge in [0.15, 0.2) is 0 Å². The molecule has 27 heavy (non-hydrogen) atoms. The number of benzene rings is 3. The van der Waals surface area contributed by atoms with E-state index in [4.69, 9.17) is 0 Å². The van der Waals surface area contributed by atoms with Crippen molar-refractivity contribution in [2.24, 2.45) is 0 Å². The summed E-state index contributed by atoms with van der Waals surface area (Å²) in [6, 6.07) is 28.0. The summed E-state index contributed by atoms with van der Waals surface area (Å²) >= 11 is 0. The molecule has 0 fully saturated rings. The third kappa shape index (κ3) is 2.04. The predicted octanol–water partition coefficient (Wildman–Crippen LogP) is 5.60. The minimum Gasteiger partial charge on any atom is -0.201 e. The van der Waals surface area contributed by atoms with Gasteiger partial charge >= 0.3 is 0 Å². The third-order valence-electron chi connectivity index (χ3n) is 5.45. The van der Waals surface area contributed by atoms with Crippen molar-refractivity contribution < 1.29 is 4.40 Å². The highest BCUT2D eigenvalue weighted by molar-refractivity contribution is 6.15. The van der Waals surface area contributed by atoms with E-state index < -0.39 is 0 Å². The topological polar surface area (TPSA) is 8.51 Å². The van der Waals surface area contributed by atoms with E-state index in [1.165, 1.54) is 44.1 Å². The largest absolute Gasteiger partial charge is 0.299 e. The quantitative estimate of drug-likeness (QED) is 0.361. The van der Waals surface area contributed by atoms with E-state index in [9.17, 15) is 0 Å². The van der Waals surface area contributed by atoms with Crippen molar-refractivity contribution >= 4 is 21.8 Å². The first-order chi connectivity index (χ1) is 13.4. The number of pyridine rings is 2. The molecule has 0 N–H and O–H groups in total. The van der Waals surface area contributed by atoms with Crippen molar-refractivity contribution in [3.63, 3.8) is 0 Å². The average Bonchev–Trinajstić information content (AvgIpc) is 3.17. The second-order valence-corrected chi connectivity index (χ2v) is 6.98. The second kappa shape index (κ2) is 5.42. The van der Waals surface area contributed by atoms with Crippen LogP contribution < -0.4 is 4.40 Å². The summed E-state index contributed by atoms with van der Waals surface area (Å²) in [5, 5.41) is 3.89. The molecule has 0 saturated carbocycles. The number of imidazole rings is 1. The van der Waals surface area contributed by atoms with Crippen LogP contribution in [0.3, 0.4) is 0 Å². The van der Waals surface area contributed by atoms with Gasteiger partial charge in [0.1, 0.15) is 24.8 Å². The number of hydrogen-bond acceptors (Lipinski definition) is 0. The van der Waals surface area contributed by atoms with Gasteiger partial charge in [0.25, 0.3) is 5.65 Å². The van der Waals surface area contributed by atoms with Crippen molar-refractivity contribution in [1.82, 2.24) is 4.40 Å². The predicted molar refractivity (Wildman–Crippen MR) is 110 cm³/mol. The standard InChI is InChI=1S/C25H17N2/c1-3-8-18(9-4-1)22-16-26-14-15-27-17-23(19-10-5-2-6-11-19)21-13-7-12-20(22)24(21)25(26)27/h1-17H/q+1. The molecule has 0 unspecified atom stereocenters. The van der Waals surface area contributed by atoms with Crippen LogP contribution in [0.2, 0.25) is 0 Å². The van der Waals surface area contributed by atoms with Crippen LogP contribution in [0, 0.1) is 0 Å². The third-order valence-corrected chi connectivity index (χ3v) is 5.45. The minimum absolute atomic E-state index is 1.22. The van der Waals surface area contributed by atoms with Gasteiger partial charge in [-0.25, -0.2) is 8.80 Å². The van der Waals surface area contributed by atoms with Gasteiger partial charge < -0.3 is 0 Å². The van der Waals surface area contributed by atoms with Gasteiger partial charge in [0.2, 0.25) is 0 Å². The van der Waals surface area contributed by atoms with E-state index in [-0.39, 0.29) is 0 Å². The SMILES string of the molecule is c1ccc(-c2cn3cc[n+]4cc(-c5ccccc5)c5cccc2c5c34)cc1. The van der Waals surface area contributed by atoms with Crippen molar-refractivity contribution in [2.75, 3.05) is 0 Å². The molecule has 0 spiro atoms. The first-order valence-corrected chi connectivity index (χ1v) is 9.21. The minimum atomic E-state index is 1.22. The van der Waals surface area contributed by atoms with E-state index in [0.29, 0.717) is 0 Å². The summed E-state index contributed by atoms with van der Waals surface area (Å²) in [5.41, 5.74) is 6.23. The molecule has 3 heterocycles. The number of rotatable bonds is 2. The van der Waals surface area contributed by atoms with Crippen LogP contribution in [-0.2, 0) is 0 Å². The summed E-state index contributed by atoms with van der Waals surface area (Å²) < 4.78 is 4.48. The molecular weight excluding hydrogens is 328 g/mol. The Labute approximate surface area is 156 Å². The summed E-state index contributed by atoms with van der Waals surface area (Å²) in [6.45, 7) is 0. The molecule has 0 aliphatic rings. The summed E-state index contributed by atoms with van der Waals surface area (Å²) in [7, 11) is 0. The molecule has 0 aliphatic carbocycles. The highest BCUT2D eigenvalue weighted by atomic mass is 15.0. The average molecular weight is 345 g/mol. The Balaban J connectivity index is 1.82. The maximum atomic E-state index is 2.24. The first-order valence-electron chi connectivity index (χ1n) is 9.21. The van der Waals surface area contributed by atoms with Crippen LogP contribution in [-0.4, -0.2) is 4.40 Å². The van der Waals surface area contributed by atoms with Gasteiger partial charge in [-0.15, -0.1) is 0 Å². The molecule has 0 aliphatic heterocycles. The maximum Gasteiger partial charge on any atom is 0.299 e. The lowest BCUT2D eigenvalue weighted by Crippen LogP contribution is -2.19. The van der Waals surface area contributed by atoms with Gasteiger partial charge in [0.05, 0.1) is 5.39 Å². The Hall–Kier alpha value is -3.65. The van der Waals surface area contributed by atoms with Crippen LogP contribution in [0.4, 0.5) is 0 Å². The molecule has 6 rings (SSSR count). The first kappa shape index (κ1) is 14.5. The molecule has 2 heteroatoms. The molecule has 2 nitrogen and oxygen atoms in total. The van der Waals surface area contributed by atoms with Gasteiger partial charge in [-0.2, -0.15) is 0 Å². The number of aromatic nitrogens is 2. The van der Waals surface area contributed by atoms with Crippen LogP contribution in [0.5, 0.6) is 0 Å². The lowest BCUT2D eigenvalue weighted by atomic mass is 9.94. The van der Waals surface area contributed by atoms with Gasteiger partial charge in [-0.05, 0) is 11.1 Å². The second-order valence-electron chi connectivity index (χ2n) is 6.98. The van der Waals surface area contributed by atoms with E-state index >= 15 is 0 Å². The van der Waals surface area contributed by atoms with E-state index in [1.54, 1.807) is 0 Å². The van der Waals surface area contributed by atoms with E-state index in [1.807, 2.05) is 0 Å². The molecule has 3 aromatic carbocycles. The van der Waals surface area contributed by atoms with Gasteiger partial charge in [-0.3, -0.25) is 0 Å². The Morgan fingerprint density at radius 1 is 0.630 bits per heavy atom. The monoisotopic (exact) mass is 345 g/mol. The van der Waals surface area contributed by atoms with Crippen molar-refractivity contribution in [3.05, 3.63) is 104 Å². The molecule has 0 saturated heterocycles. The van der Waals surface area contributed by atoms with Crippen molar-refractivity contribution in [2.45, 2.75) is 0 Å². The molecule has 126 valence electrons. The molecule has 6 aromatic rings. The molecule has 0 atom stereocenters. The molecule has 0 amide bonds. The van der Waals surface area contributed by atoms with Gasteiger partial charge in [0, 0.05) is 21.9 Å². The van der Waals surface area contributed by atoms with Crippen molar-refractivity contribution in [1.29, 1.82) is 0 Å². The zero-order valence-corrected chi connectivity index (χ0v) is 14.7. The number of hydrogen-bond donors (Lipinski definition) is 0. The molecule has 0 radical (unpaired) electrons. The number of nitrogens with zero attached hydrogens (tertiary/aromatic N) is 2. The van der Waals surface area contributed by atoms with E-state index in [2.05, 4.69) is 112 Å². The molecule has 3 aromatic heterocycles. The fourth-order valence-electron chi connectivity index (χ4n) is 4.24. The van der Waals surface area contributed by atoms with Crippen molar-refractivity contribution in [3.8, 4) is 22.3 Å². The van der Waals surface area contributed by atoms with Crippen LogP contribution in [0.15, 0.2) is 104 Å². The fraction of sp³-hybridized carbons (Fsp3) is 0. The van der Waals surface area contributed by atoms with E-state index in [0.717, 1.165) is 0 Å². The molecule has 0 bridgehead atoms. The maximum absolute atomic E-state index is 2.24. The Kier molecular flexibility index (Phi) is 2.91. The smallest absolute Gasteiger partial charge is 0.201 e. The summed E-state index contributed by atoms with van der Waals surface area (Å²) in [5.74, 6) is 0. The van der Waals surface area contributed by atoms with Gasteiger partial charge in [-0.1, -0.05) is 78.9 Å². The lowest BCUT2D eigenvalue weighted by molar-refractivity contribution is -0.508. The summed E-state index contributed by atoms with van der Waals surface area (Å²) in [6.07, 6.45) is 8.77. The highest BCUT2D eigenvalue weighted by Crippen LogP contribution is 2.37. The van der Waals surface area contributed by atoms with Crippen LogP contribution >= 0.6 is 0 Å². The fourth-order valence-corrected chi connectivity index (χ4v) is 4.24. The molecular formula is C25H17N2+. The van der Waals surface area contributed by atoms with Crippen LogP contribution in [0.1, 0.15) is 0 Å². The Bertz CT molecular complexity index is 1290. The van der Waals surface area contributed by atoms with Crippen LogP contribution in [0.25, 0.3) is 44.1 Å². The Morgan fingerprint density at radius 2 is 1.26 bits per heavy atom. The Morgan fingerprint density at radius 3 is 1.96 bits per heavy atom.